The monoisotopic (exact) mass is 413 g/mol. The second-order valence-corrected chi connectivity index (χ2v) is 6.89. The molecule has 7 heteroatoms. The van der Waals surface area contributed by atoms with E-state index >= 15 is 0 Å². The van der Waals surface area contributed by atoms with E-state index in [9.17, 15) is 23.4 Å². The Morgan fingerprint density at radius 3 is 2.23 bits per heavy atom. The fraction of sp³-hybridized carbons (Fsp3) is 0.130. The van der Waals surface area contributed by atoms with Gasteiger partial charge in [0.15, 0.2) is 11.5 Å². The van der Waals surface area contributed by atoms with E-state index in [-0.39, 0.29) is 17.2 Å². The second-order valence-electron chi connectivity index (χ2n) is 6.89. The molecule has 0 aliphatic rings. The SMILES string of the molecule is COc1cccc([C@H](c2ccc(C(F)(F)F)cc2)c2ccc3[nH]ccc3c2O)c1O. The first kappa shape index (κ1) is 19.7. The maximum absolute atomic E-state index is 13.0. The van der Waals surface area contributed by atoms with Crippen molar-refractivity contribution in [3.05, 3.63) is 89.1 Å². The molecule has 4 aromatic rings. The lowest BCUT2D eigenvalue weighted by Crippen LogP contribution is -2.08. The number of para-hydroxylation sites is 1. The number of phenols is 2. The van der Waals surface area contributed by atoms with Crippen molar-refractivity contribution < 1.29 is 28.1 Å². The molecule has 3 aromatic carbocycles. The zero-order valence-electron chi connectivity index (χ0n) is 15.9. The van der Waals surface area contributed by atoms with Crippen LogP contribution < -0.4 is 4.74 Å². The van der Waals surface area contributed by atoms with Crippen LogP contribution in [0.25, 0.3) is 10.9 Å². The summed E-state index contributed by atoms with van der Waals surface area (Å²) in [6.07, 6.45) is -2.78. The Hall–Kier alpha value is -3.61. The average molecular weight is 413 g/mol. The van der Waals surface area contributed by atoms with E-state index < -0.39 is 17.7 Å². The Morgan fingerprint density at radius 1 is 0.867 bits per heavy atom. The first-order chi connectivity index (χ1) is 14.3. The van der Waals surface area contributed by atoms with Gasteiger partial charge in [-0.25, -0.2) is 0 Å². The molecule has 0 saturated carbocycles. The van der Waals surface area contributed by atoms with Gasteiger partial charge in [-0.05, 0) is 35.9 Å². The number of alkyl halides is 3. The Kier molecular flexibility index (Phi) is 4.81. The first-order valence-electron chi connectivity index (χ1n) is 9.13. The van der Waals surface area contributed by atoms with Crippen molar-refractivity contribution in [1.29, 1.82) is 0 Å². The third-order valence-corrected chi connectivity index (χ3v) is 5.18. The van der Waals surface area contributed by atoms with E-state index in [1.807, 2.05) is 0 Å². The summed E-state index contributed by atoms with van der Waals surface area (Å²) in [5.41, 5.74) is 1.28. The van der Waals surface area contributed by atoms with Gasteiger partial charge in [0.2, 0.25) is 0 Å². The third-order valence-electron chi connectivity index (χ3n) is 5.18. The number of methoxy groups -OCH3 is 1. The zero-order chi connectivity index (χ0) is 21.5. The van der Waals surface area contributed by atoms with Crippen LogP contribution in [-0.4, -0.2) is 22.3 Å². The molecule has 1 atom stereocenters. The molecule has 0 bridgehead atoms. The maximum Gasteiger partial charge on any atom is 0.416 e. The van der Waals surface area contributed by atoms with Crippen LogP contribution in [0, 0.1) is 0 Å². The predicted molar refractivity (Wildman–Crippen MR) is 107 cm³/mol. The van der Waals surface area contributed by atoms with Crippen LogP contribution in [0.15, 0.2) is 66.9 Å². The van der Waals surface area contributed by atoms with Crippen molar-refractivity contribution in [2.45, 2.75) is 12.1 Å². The topological polar surface area (TPSA) is 65.5 Å². The molecule has 0 unspecified atom stereocenters. The van der Waals surface area contributed by atoms with Gasteiger partial charge in [0.25, 0.3) is 0 Å². The van der Waals surface area contributed by atoms with Crippen LogP contribution in [0.5, 0.6) is 17.2 Å². The minimum Gasteiger partial charge on any atom is -0.507 e. The summed E-state index contributed by atoms with van der Waals surface area (Å²) in [6.45, 7) is 0. The molecule has 154 valence electrons. The largest absolute Gasteiger partial charge is 0.507 e. The van der Waals surface area contributed by atoms with Crippen molar-refractivity contribution >= 4 is 10.9 Å². The Balaban J connectivity index is 1.94. The standard InChI is InChI=1S/C23H18F3NO3/c1-30-19-4-2-3-16(22(19)29)20(13-5-7-14(8-6-13)23(24,25)26)17-9-10-18-15(21(17)28)11-12-27-18/h2-12,20,27-29H,1H3/t20-/m0/s1. The highest BCUT2D eigenvalue weighted by atomic mass is 19.4. The number of rotatable bonds is 4. The number of nitrogens with one attached hydrogen (secondary N) is 1. The van der Waals surface area contributed by atoms with Crippen molar-refractivity contribution in [2.75, 3.05) is 7.11 Å². The Morgan fingerprint density at radius 2 is 1.57 bits per heavy atom. The number of ether oxygens (including phenoxy) is 1. The number of fused-ring (bicyclic) bond motifs is 1. The van der Waals surface area contributed by atoms with Crippen molar-refractivity contribution in [3.63, 3.8) is 0 Å². The normalized spacial score (nSPS) is 12.8. The number of aromatic nitrogens is 1. The molecule has 0 amide bonds. The van der Waals surface area contributed by atoms with Crippen molar-refractivity contribution in [3.8, 4) is 17.2 Å². The second kappa shape index (κ2) is 7.33. The summed E-state index contributed by atoms with van der Waals surface area (Å²) in [4.78, 5) is 3.01. The van der Waals surface area contributed by atoms with E-state index in [2.05, 4.69) is 4.98 Å². The molecule has 0 aliphatic heterocycles. The zero-order valence-corrected chi connectivity index (χ0v) is 15.9. The van der Waals surface area contributed by atoms with Gasteiger partial charge < -0.3 is 19.9 Å². The van der Waals surface area contributed by atoms with Crippen molar-refractivity contribution in [1.82, 2.24) is 4.98 Å². The van der Waals surface area contributed by atoms with E-state index in [1.165, 1.54) is 19.2 Å². The molecular weight excluding hydrogens is 395 g/mol. The molecule has 3 N–H and O–H groups in total. The van der Waals surface area contributed by atoms with Gasteiger partial charge in [0.1, 0.15) is 5.75 Å². The summed E-state index contributed by atoms with van der Waals surface area (Å²) in [5.74, 6) is -0.646. The summed E-state index contributed by atoms with van der Waals surface area (Å²) in [6, 6.07) is 14.8. The van der Waals surface area contributed by atoms with E-state index in [0.29, 0.717) is 22.1 Å². The lowest BCUT2D eigenvalue weighted by Gasteiger charge is -2.22. The number of phenolic OH excluding ortho intramolecular Hbond substituents is 2. The fourth-order valence-corrected chi connectivity index (χ4v) is 3.70. The van der Waals surface area contributed by atoms with E-state index in [1.54, 1.807) is 42.6 Å². The van der Waals surface area contributed by atoms with Crippen molar-refractivity contribution in [2.24, 2.45) is 0 Å². The molecule has 0 radical (unpaired) electrons. The molecule has 0 spiro atoms. The van der Waals surface area contributed by atoms with Gasteiger partial charge in [0.05, 0.1) is 12.7 Å². The molecule has 0 saturated heterocycles. The number of hydrogen-bond donors (Lipinski definition) is 3. The molecular formula is C23H18F3NO3. The smallest absolute Gasteiger partial charge is 0.416 e. The summed E-state index contributed by atoms with van der Waals surface area (Å²) < 4.78 is 44.3. The number of benzene rings is 3. The Labute approximate surface area is 170 Å². The van der Waals surface area contributed by atoms with Crippen LogP contribution in [0.1, 0.15) is 28.2 Å². The molecule has 4 rings (SSSR count). The van der Waals surface area contributed by atoms with Gasteiger partial charge in [-0.1, -0.05) is 30.3 Å². The maximum atomic E-state index is 13.0. The third kappa shape index (κ3) is 3.32. The van der Waals surface area contributed by atoms with Crippen LogP contribution in [-0.2, 0) is 6.18 Å². The highest BCUT2D eigenvalue weighted by Gasteiger charge is 2.31. The van der Waals surface area contributed by atoms with Gasteiger partial charge in [-0.3, -0.25) is 0 Å². The minimum absolute atomic E-state index is 0.0131. The van der Waals surface area contributed by atoms with Crippen LogP contribution >= 0.6 is 0 Å². The number of halogens is 3. The summed E-state index contributed by atoms with van der Waals surface area (Å²) >= 11 is 0. The predicted octanol–water partition coefficient (Wildman–Crippen LogP) is 5.79. The summed E-state index contributed by atoms with van der Waals surface area (Å²) in [7, 11) is 1.41. The molecule has 4 nitrogen and oxygen atoms in total. The lowest BCUT2D eigenvalue weighted by molar-refractivity contribution is -0.137. The molecule has 0 fully saturated rings. The van der Waals surface area contributed by atoms with E-state index in [0.717, 1.165) is 17.6 Å². The average Bonchev–Trinajstić information content (AvgIpc) is 3.20. The number of aromatic amines is 1. The Bertz CT molecular complexity index is 1200. The first-order valence-corrected chi connectivity index (χ1v) is 9.13. The molecule has 1 aromatic heterocycles. The quantitative estimate of drug-likeness (QED) is 0.371. The van der Waals surface area contributed by atoms with Gasteiger partial charge in [-0.15, -0.1) is 0 Å². The molecule has 1 heterocycles. The minimum atomic E-state index is -4.46. The van der Waals surface area contributed by atoms with Gasteiger partial charge >= 0.3 is 6.18 Å². The number of hydrogen-bond acceptors (Lipinski definition) is 3. The molecule has 30 heavy (non-hydrogen) atoms. The summed E-state index contributed by atoms with van der Waals surface area (Å²) in [5, 5.41) is 22.2. The number of aromatic hydroxyl groups is 2. The van der Waals surface area contributed by atoms with E-state index in [4.69, 9.17) is 4.74 Å². The highest BCUT2D eigenvalue weighted by Crippen LogP contribution is 2.45. The van der Waals surface area contributed by atoms with Gasteiger partial charge in [0, 0.05) is 34.1 Å². The van der Waals surface area contributed by atoms with Gasteiger partial charge in [-0.2, -0.15) is 13.2 Å². The molecule has 0 aliphatic carbocycles. The highest BCUT2D eigenvalue weighted by molar-refractivity contribution is 5.87. The van der Waals surface area contributed by atoms with Crippen LogP contribution in [0.2, 0.25) is 0 Å². The fourth-order valence-electron chi connectivity index (χ4n) is 3.70. The van der Waals surface area contributed by atoms with Crippen LogP contribution in [0.3, 0.4) is 0 Å². The number of H-pyrrole nitrogens is 1. The van der Waals surface area contributed by atoms with Crippen LogP contribution in [0.4, 0.5) is 13.2 Å². The lowest BCUT2D eigenvalue weighted by atomic mass is 9.83.